The number of aryl methyl sites for hydroxylation is 2. The summed E-state index contributed by atoms with van der Waals surface area (Å²) in [5, 5.41) is 53.3. The first-order chi connectivity index (χ1) is 52.8. The van der Waals surface area contributed by atoms with E-state index < -0.39 is 36.5 Å². The predicted molar refractivity (Wildman–Crippen MR) is 422 cm³/mol. The van der Waals surface area contributed by atoms with E-state index in [2.05, 4.69) is 147 Å². The monoisotopic (exact) mass is 1510 g/mol. The molecule has 27 nitrogen and oxygen atoms in total. The predicted octanol–water partition coefficient (Wildman–Crippen LogP) is 14.5. The first-order valence-electron chi connectivity index (χ1n) is 38.3. The molecule has 0 saturated heterocycles. The van der Waals surface area contributed by atoms with Gasteiger partial charge in [-0.1, -0.05) is 62.0 Å². The number of carbonyl (C=O) groups excluding carboxylic acids is 2. The number of rotatable bonds is 27. The molecule has 12 rings (SSSR count). The van der Waals surface area contributed by atoms with Gasteiger partial charge in [0, 0.05) is 64.2 Å². The van der Waals surface area contributed by atoms with Crippen molar-refractivity contribution in [3.63, 3.8) is 0 Å². The van der Waals surface area contributed by atoms with Gasteiger partial charge in [0.25, 0.3) is 0 Å². The maximum absolute atomic E-state index is 14.8. The quantitative estimate of drug-likeness (QED) is 0.0161. The van der Waals surface area contributed by atoms with Crippen LogP contribution < -0.4 is 30.1 Å². The highest BCUT2D eigenvalue weighted by Crippen LogP contribution is 2.49. The number of hydroxylamine groups is 1. The Morgan fingerprint density at radius 3 is 1.68 bits per heavy atom. The average molecular weight is 1520 g/mol. The van der Waals surface area contributed by atoms with Crippen molar-refractivity contribution < 1.29 is 63.0 Å². The van der Waals surface area contributed by atoms with Crippen LogP contribution in [0.2, 0.25) is 0 Å². The molecule has 6 heterocycles. The number of aliphatic carboxylic acids is 2. The van der Waals surface area contributed by atoms with Crippen molar-refractivity contribution in [3.8, 4) is 46.4 Å². The Morgan fingerprint density at radius 1 is 0.649 bits per heavy atom. The third-order valence-corrected chi connectivity index (χ3v) is 22.8. The summed E-state index contributed by atoms with van der Waals surface area (Å²) in [4.78, 5) is 93.1. The van der Waals surface area contributed by atoms with E-state index in [-0.39, 0.29) is 124 Å². The molecular formula is C84H102N14O13. The average Bonchev–Trinajstić information content (AvgIpc) is 1.65. The molecule has 4 N–H and O–H groups in total. The highest BCUT2D eigenvalue weighted by Gasteiger charge is 2.44. The third kappa shape index (κ3) is 16.6. The minimum Gasteiger partial charge on any atom is -0.496 e. The topological polar surface area (TPSA) is 338 Å². The number of anilines is 3. The van der Waals surface area contributed by atoms with Gasteiger partial charge in [0.15, 0.2) is 41.6 Å². The number of hydrogen-bond acceptors (Lipinski definition) is 22. The van der Waals surface area contributed by atoms with Gasteiger partial charge in [-0.3, -0.25) is 19.9 Å². The maximum atomic E-state index is 14.8. The van der Waals surface area contributed by atoms with Crippen LogP contribution in [0.25, 0.3) is 39.6 Å². The summed E-state index contributed by atoms with van der Waals surface area (Å²) in [6.07, 6.45) is 4.25. The molecule has 2 aliphatic carbocycles. The Balaban J connectivity index is 0.801. The molecule has 111 heavy (non-hydrogen) atoms. The molecule has 4 aliphatic heterocycles. The van der Waals surface area contributed by atoms with Gasteiger partial charge in [-0.25, -0.2) is 39.3 Å². The fourth-order valence-electron chi connectivity index (χ4n) is 17.8. The zero-order valence-corrected chi connectivity index (χ0v) is 66.4. The number of ether oxygens (including phenoxy) is 4. The number of aliphatic imine (C=N–C) groups is 2. The molecular weight excluding hydrogens is 1410 g/mol. The third-order valence-electron chi connectivity index (χ3n) is 22.8. The number of allylic oxidation sites excluding steroid dienone is 2. The number of esters is 1. The molecule has 4 aromatic carbocycles. The molecule has 6 atom stereocenters. The number of nitrogens with one attached hydrogen (secondary N) is 2. The van der Waals surface area contributed by atoms with Gasteiger partial charge < -0.3 is 44.3 Å². The van der Waals surface area contributed by atoms with Gasteiger partial charge in [0.05, 0.1) is 62.7 Å². The molecule has 6 aromatic rings. The summed E-state index contributed by atoms with van der Waals surface area (Å²) >= 11 is 0. The molecule has 0 spiro atoms. The lowest BCUT2D eigenvalue weighted by Crippen LogP contribution is -2.50. The first-order valence-corrected chi connectivity index (χ1v) is 38.3. The lowest BCUT2D eigenvalue weighted by molar-refractivity contribution is -0.338. The Kier molecular flexibility index (Phi) is 23.6. The van der Waals surface area contributed by atoms with E-state index in [1.807, 2.05) is 13.8 Å². The van der Waals surface area contributed by atoms with Crippen molar-refractivity contribution in [3.05, 3.63) is 118 Å². The van der Waals surface area contributed by atoms with Crippen LogP contribution in [0, 0.1) is 72.0 Å². The Bertz CT molecular complexity index is 4850. The van der Waals surface area contributed by atoms with Gasteiger partial charge in [0.2, 0.25) is 5.91 Å². The Morgan fingerprint density at radius 2 is 1.15 bits per heavy atom. The number of methoxy groups -OCH3 is 2. The van der Waals surface area contributed by atoms with Gasteiger partial charge >= 0.3 is 17.9 Å². The molecule has 1 amide bonds. The van der Waals surface area contributed by atoms with Crippen molar-refractivity contribution in [2.75, 3.05) is 68.9 Å². The number of aromatic nitrogens is 6. The number of nitriles is 2. The Hall–Kier alpha value is -10.6. The number of benzene rings is 4. The van der Waals surface area contributed by atoms with E-state index in [0.717, 1.165) is 72.2 Å². The zero-order chi connectivity index (χ0) is 79.8. The van der Waals surface area contributed by atoms with Crippen molar-refractivity contribution in [1.82, 2.24) is 35.0 Å². The first kappa shape index (κ1) is 80.0. The number of fused-ring (bicyclic) bond motifs is 4. The fourth-order valence-corrected chi connectivity index (χ4v) is 17.8. The normalized spacial score (nSPS) is 23.7. The van der Waals surface area contributed by atoms with E-state index in [4.69, 9.17) is 63.7 Å². The smallest absolute Gasteiger partial charge is 0.343 e. The molecule has 586 valence electrons. The molecule has 2 aromatic heterocycles. The standard InChI is InChI=1S/C84H102N14O13/c1-44-28-48(5)74(49(6)29-44)110-82(104)73-61(41-86)79(98-81(73)91-77(93-98)56-19-21-69(106-17)65(35-56)87-70(99)22-23-71(100)101)89-64-37-58-53(10)39-84(14,15)96(67(58)33-47(64)4)25-27-107-26-24-95-66-32-46(3)63(36-57(66)52(9)38-83(95,12)13)88-78-60(40-85)62(42-109-111-75-50(7)30-45(2)31-51(75)8)80-90-76(92-97(78)80)55-18-20-68(105-16)59(34-55)54(11)94-108-43-72(102)103/h18-21,32-37,44-45,48-53,74-75,94H,11,22-31,38-39,42-43H2,1-10,12-17H3,(H,87,99)(H,100,101)(H,102,103). The van der Waals surface area contributed by atoms with Gasteiger partial charge in [-0.05, 0) is 210 Å². The van der Waals surface area contributed by atoms with Crippen LogP contribution in [0.15, 0.2) is 88.4 Å². The molecule has 2 fully saturated rings. The lowest BCUT2D eigenvalue weighted by Gasteiger charge is -2.48. The zero-order valence-electron chi connectivity index (χ0n) is 66.4. The number of carbonyl (C=O) groups is 4. The number of hydrogen-bond donors (Lipinski definition) is 4. The van der Waals surface area contributed by atoms with Gasteiger partial charge in [-0.2, -0.15) is 19.9 Å². The molecule has 6 unspecified atom stereocenters. The number of carboxylic acid groups (broad SMARTS) is 2. The Labute approximate surface area is 648 Å². The minimum atomic E-state index is -1.16. The summed E-state index contributed by atoms with van der Waals surface area (Å²) in [6, 6.07) is 23.5. The minimum absolute atomic E-state index is 0.0296. The van der Waals surface area contributed by atoms with Gasteiger partial charge in [-0.15, -0.1) is 10.2 Å². The van der Waals surface area contributed by atoms with Gasteiger partial charge in [0.1, 0.15) is 53.1 Å². The molecule has 27 heteroatoms. The second-order valence-corrected chi connectivity index (χ2v) is 32.5. The fraction of sp³-hybridized carbons (Fsp3) is 0.500. The molecule has 0 bridgehead atoms. The summed E-state index contributed by atoms with van der Waals surface area (Å²) in [5.41, 5.74) is 11.9. The second-order valence-electron chi connectivity index (χ2n) is 32.5. The van der Waals surface area contributed by atoms with E-state index >= 15 is 0 Å². The van der Waals surface area contributed by atoms with Crippen LogP contribution in [-0.2, 0) is 43.3 Å². The van der Waals surface area contributed by atoms with E-state index in [1.54, 1.807) is 41.1 Å². The summed E-state index contributed by atoms with van der Waals surface area (Å²) in [6.45, 7) is 35.9. The van der Waals surface area contributed by atoms with E-state index in [0.29, 0.717) is 94.9 Å². The van der Waals surface area contributed by atoms with Crippen molar-refractivity contribution in [2.45, 2.75) is 183 Å². The number of carboxylic acids is 2. The van der Waals surface area contributed by atoms with Crippen LogP contribution in [0.3, 0.4) is 0 Å². The SMILES string of the molecule is C=C(NOCC(=O)O)c1cc(-c2nc3n(n2)C(=Nc2cc4c(cc2C)N(CCOCCN2c5cc(C)c(N=C6C(C#N)=C(C(=O)OC7C(C)CC(C)CC7C)c7nc(-c8ccc(OC)c(NC(=O)CCC(=O)O)c8)nn76)cc5C(C)CC2(C)C)C(C)(C)CC4C)C(C#N)=C3COOC2C(C)CC(C)CC2C)ccc1OC. The van der Waals surface area contributed by atoms with E-state index in [9.17, 15) is 39.9 Å². The maximum Gasteiger partial charge on any atom is 0.343 e. The summed E-state index contributed by atoms with van der Waals surface area (Å²) < 4.78 is 27.3. The largest absolute Gasteiger partial charge is 0.496 e. The summed E-state index contributed by atoms with van der Waals surface area (Å²) in [5.74, 6) is 0.453. The van der Waals surface area contributed by atoms with Crippen LogP contribution in [0.5, 0.6) is 11.5 Å². The van der Waals surface area contributed by atoms with Crippen LogP contribution in [0.1, 0.15) is 186 Å². The lowest BCUT2D eigenvalue weighted by atomic mass is 9.75. The van der Waals surface area contributed by atoms with Crippen LogP contribution >= 0.6 is 0 Å². The highest BCUT2D eigenvalue weighted by molar-refractivity contribution is 6.30. The van der Waals surface area contributed by atoms with Crippen molar-refractivity contribution >= 4 is 80.8 Å². The van der Waals surface area contributed by atoms with Crippen molar-refractivity contribution in [2.24, 2.45) is 45.5 Å². The molecule has 0 radical (unpaired) electrons. The molecule has 6 aliphatic rings. The van der Waals surface area contributed by atoms with Crippen LogP contribution in [-0.4, -0.2) is 152 Å². The van der Waals surface area contributed by atoms with E-state index in [1.165, 1.54) is 18.9 Å². The second kappa shape index (κ2) is 32.8. The highest BCUT2D eigenvalue weighted by atomic mass is 17.2. The molecule has 2 saturated carbocycles. The number of amides is 1. The number of nitrogens with zero attached hydrogens (tertiary/aromatic N) is 12. The van der Waals surface area contributed by atoms with Crippen molar-refractivity contribution in [1.29, 1.82) is 10.5 Å². The van der Waals surface area contributed by atoms with Crippen LogP contribution in [0.4, 0.5) is 28.4 Å². The summed E-state index contributed by atoms with van der Waals surface area (Å²) in [7, 11) is 2.96.